The molecule has 4 heterocycles. The summed E-state index contributed by atoms with van der Waals surface area (Å²) in [6.45, 7) is 2.95. The maximum atomic E-state index is 12.2. The molecule has 0 saturated carbocycles. The van der Waals surface area contributed by atoms with Crippen LogP contribution in [-0.2, 0) is 17.7 Å². The molecule has 0 spiro atoms. The first-order valence-electron chi connectivity index (χ1n) is 11.3. The average molecular weight is 511 g/mol. The van der Waals surface area contributed by atoms with Crippen LogP contribution in [0.5, 0.6) is 0 Å². The molecule has 1 amide bonds. The number of rotatable bonds is 5. The van der Waals surface area contributed by atoms with Gasteiger partial charge >= 0.3 is 11.8 Å². The second kappa shape index (κ2) is 9.59. The van der Waals surface area contributed by atoms with Gasteiger partial charge in [0.15, 0.2) is 0 Å². The van der Waals surface area contributed by atoms with E-state index in [1.165, 1.54) is 23.5 Å². The Morgan fingerprint density at radius 2 is 2.14 bits per heavy atom. The van der Waals surface area contributed by atoms with Crippen LogP contribution in [0.4, 0.5) is 4.79 Å². The Hall–Kier alpha value is -3.96. The van der Waals surface area contributed by atoms with Crippen LogP contribution in [0.15, 0.2) is 52.6 Å². The molecule has 0 aliphatic carbocycles. The highest BCUT2D eigenvalue weighted by atomic mass is 35.5. The number of carbonyl (C=O) groups is 1. The number of aromatic amines is 1. The van der Waals surface area contributed by atoms with Crippen molar-refractivity contribution < 1.29 is 14.6 Å². The molecule has 1 aliphatic heterocycles. The molecule has 5 rings (SSSR count). The van der Waals surface area contributed by atoms with Crippen molar-refractivity contribution >= 4 is 23.2 Å². The van der Waals surface area contributed by atoms with Crippen LogP contribution in [0.2, 0.25) is 5.02 Å². The van der Waals surface area contributed by atoms with Crippen LogP contribution >= 0.6 is 11.6 Å². The van der Waals surface area contributed by atoms with Crippen LogP contribution in [0.1, 0.15) is 16.7 Å². The summed E-state index contributed by atoms with van der Waals surface area (Å²) in [6, 6.07) is 6.80. The van der Waals surface area contributed by atoms with E-state index in [-0.39, 0.29) is 19.2 Å². The Labute approximate surface area is 209 Å². The van der Waals surface area contributed by atoms with Gasteiger partial charge in [0.1, 0.15) is 6.33 Å². The predicted molar refractivity (Wildman–Crippen MR) is 132 cm³/mol. The normalized spacial score (nSPS) is 15.9. The number of hydrogen-bond donors (Lipinski definition) is 2. The molecule has 0 bridgehead atoms. The number of nitrogens with zero attached hydrogens (tertiary/aromatic N) is 5. The summed E-state index contributed by atoms with van der Waals surface area (Å²) in [5.74, 6) is 0. The Balaban J connectivity index is 1.55. The average Bonchev–Trinajstić information content (AvgIpc) is 3.26. The van der Waals surface area contributed by atoms with Gasteiger partial charge in [-0.1, -0.05) is 11.6 Å². The third kappa shape index (κ3) is 4.62. The lowest BCUT2D eigenvalue weighted by Crippen LogP contribution is -2.45. The number of morpholine rings is 1. The molecule has 186 valence electrons. The summed E-state index contributed by atoms with van der Waals surface area (Å²) < 4.78 is 8.62. The SMILES string of the molecule is Cc1cc(Cl)cc(-c2ncnn3cc(Cn4c(=O)cc[nH]c4=O)cc23)c1CC1CN(C(=O)O)CCO1. The van der Waals surface area contributed by atoms with Gasteiger partial charge in [-0.05, 0) is 41.8 Å². The summed E-state index contributed by atoms with van der Waals surface area (Å²) in [4.78, 5) is 44.2. The van der Waals surface area contributed by atoms with Gasteiger partial charge in [0.25, 0.3) is 5.56 Å². The number of halogens is 1. The van der Waals surface area contributed by atoms with E-state index in [0.29, 0.717) is 41.4 Å². The lowest BCUT2D eigenvalue weighted by Gasteiger charge is -2.31. The maximum Gasteiger partial charge on any atom is 0.407 e. The minimum absolute atomic E-state index is 0.0696. The van der Waals surface area contributed by atoms with Gasteiger partial charge in [0.2, 0.25) is 0 Å². The monoisotopic (exact) mass is 510 g/mol. The minimum atomic E-state index is -0.967. The molecule has 1 aromatic carbocycles. The number of carboxylic acid groups (broad SMARTS) is 1. The first kappa shape index (κ1) is 23.8. The number of ether oxygens (including phenoxy) is 1. The van der Waals surface area contributed by atoms with E-state index in [0.717, 1.165) is 21.3 Å². The van der Waals surface area contributed by atoms with Crippen molar-refractivity contribution in [1.29, 1.82) is 0 Å². The number of fused-ring (bicyclic) bond motifs is 1. The van der Waals surface area contributed by atoms with E-state index in [1.54, 1.807) is 10.7 Å². The van der Waals surface area contributed by atoms with Crippen LogP contribution in [-0.4, -0.2) is 66.0 Å². The van der Waals surface area contributed by atoms with Crippen molar-refractivity contribution in [1.82, 2.24) is 29.0 Å². The fourth-order valence-corrected chi connectivity index (χ4v) is 4.83. The molecule has 3 aromatic heterocycles. The summed E-state index contributed by atoms with van der Waals surface area (Å²) in [7, 11) is 0. The van der Waals surface area contributed by atoms with Crippen molar-refractivity contribution in [2.24, 2.45) is 0 Å². The van der Waals surface area contributed by atoms with E-state index in [2.05, 4.69) is 15.1 Å². The van der Waals surface area contributed by atoms with Crippen LogP contribution in [0.3, 0.4) is 0 Å². The third-order valence-electron chi connectivity index (χ3n) is 6.28. The van der Waals surface area contributed by atoms with Crippen LogP contribution in [0.25, 0.3) is 16.8 Å². The fourth-order valence-electron chi connectivity index (χ4n) is 4.56. The quantitative estimate of drug-likeness (QED) is 0.420. The molecular weight excluding hydrogens is 488 g/mol. The zero-order valence-electron chi connectivity index (χ0n) is 19.3. The number of nitrogens with one attached hydrogen (secondary N) is 1. The van der Waals surface area contributed by atoms with Gasteiger partial charge in [0, 0.05) is 42.0 Å². The van der Waals surface area contributed by atoms with Crippen molar-refractivity contribution in [2.45, 2.75) is 26.0 Å². The summed E-state index contributed by atoms with van der Waals surface area (Å²) in [5, 5.41) is 14.2. The number of hydrogen-bond acceptors (Lipinski definition) is 6. The maximum absolute atomic E-state index is 12.2. The van der Waals surface area contributed by atoms with Gasteiger partial charge in [-0.3, -0.25) is 9.36 Å². The van der Waals surface area contributed by atoms with Crippen molar-refractivity contribution in [3.8, 4) is 11.3 Å². The van der Waals surface area contributed by atoms with E-state index >= 15 is 0 Å². The number of aryl methyl sites for hydroxylation is 1. The van der Waals surface area contributed by atoms with Gasteiger partial charge in [0.05, 0.1) is 37.0 Å². The summed E-state index contributed by atoms with van der Waals surface area (Å²) in [6.07, 6.45) is 3.68. The number of amides is 1. The zero-order chi connectivity index (χ0) is 25.4. The predicted octanol–water partition coefficient (Wildman–Crippen LogP) is 2.18. The lowest BCUT2D eigenvalue weighted by atomic mass is 9.93. The van der Waals surface area contributed by atoms with Crippen LogP contribution in [0, 0.1) is 6.92 Å². The Bertz CT molecular complexity index is 1550. The van der Waals surface area contributed by atoms with E-state index < -0.39 is 17.3 Å². The Morgan fingerprint density at radius 1 is 1.31 bits per heavy atom. The van der Waals surface area contributed by atoms with E-state index in [1.807, 2.05) is 25.1 Å². The highest BCUT2D eigenvalue weighted by molar-refractivity contribution is 6.31. The van der Waals surface area contributed by atoms with E-state index in [9.17, 15) is 19.5 Å². The highest BCUT2D eigenvalue weighted by Crippen LogP contribution is 2.33. The second-order valence-electron chi connectivity index (χ2n) is 8.67. The smallest absolute Gasteiger partial charge is 0.407 e. The molecule has 12 heteroatoms. The van der Waals surface area contributed by atoms with Gasteiger partial charge in [-0.25, -0.2) is 19.1 Å². The lowest BCUT2D eigenvalue weighted by molar-refractivity contribution is -0.0210. The number of benzene rings is 1. The molecule has 1 aliphatic rings. The van der Waals surface area contributed by atoms with Crippen molar-refractivity contribution in [3.63, 3.8) is 0 Å². The van der Waals surface area contributed by atoms with Crippen LogP contribution < -0.4 is 11.2 Å². The first-order chi connectivity index (χ1) is 17.3. The number of H-pyrrole nitrogens is 1. The largest absolute Gasteiger partial charge is 0.465 e. The van der Waals surface area contributed by atoms with Gasteiger partial charge in [-0.15, -0.1) is 0 Å². The zero-order valence-corrected chi connectivity index (χ0v) is 20.1. The molecule has 1 atom stereocenters. The Morgan fingerprint density at radius 3 is 2.92 bits per heavy atom. The van der Waals surface area contributed by atoms with Crippen molar-refractivity contribution in [3.05, 3.63) is 85.5 Å². The summed E-state index contributed by atoms with van der Waals surface area (Å²) >= 11 is 6.43. The molecule has 36 heavy (non-hydrogen) atoms. The molecule has 11 nitrogen and oxygen atoms in total. The van der Waals surface area contributed by atoms with Crippen molar-refractivity contribution in [2.75, 3.05) is 19.7 Å². The first-order valence-corrected chi connectivity index (χ1v) is 11.7. The molecule has 1 unspecified atom stereocenters. The Kier molecular flexibility index (Phi) is 6.33. The fraction of sp³-hybridized carbons (Fsp3) is 0.292. The van der Waals surface area contributed by atoms with E-state index in [4.69, 9.17) is 16.3 Å². The molecule has 4 aromatic rings. The van der Waals surface area contributed by atoms with Gasteiger partial charge < -0.3 is 19.7 Å². The highest BCUT2D eigenvalue weighted by Gasteiger charge is 2.26. The summed E-state index contributed by atoms with van der Waals surface area (Å²) in [5.41, 5.74) is 3.74. The molecular formula is C24H23ClN6O5. The minimum Gasteiger partial charge on any atom is -0.465 e. The molecule has 1 saturated heterocycles. The third-order valence-corrected chi connectivity index (χ3v) is 6.50. The standard InChI is InChI=1S/C24H23ClN6O5/c1-14-6-16(25)8-19(18(14)9-17-12-29(24(34)35)4-5-36-17)22-20-7-15(11-31(20)28-13-27-22)10-30-21(32)2-3-26-23(30)33/h2-3,6-8,11,13,17H,4-5,9-10,12H2,1H3,(H,26,33)(H,34,35). The second-order valence-corrected chi connectivity index (χ2v) is 9.10. The number of aromatic nitrogens is 5. The molecule has 0 radical (unpaired) electrons. The van der Waals surface area contributed by atoms with Gasteiger partial charge in [-0.2, -0.15) is 5.10 Å². The molecule has 2 N–H and O–H groups in total. The topological polar surface area (TPSA) is 135 Å². The molecule has 1 fully saturated rings.